The third-order valence-electron chi connectivity index (χ3n) is 8.70. The Kier molecular flexibility index (Phi) is 5.17. The van der Waals surface area contributed by atoms with Crippen LogP contribution in [0.4, 0.5) is 8.78 Å². The molecule has 3 fully saturated rings. The summed E-state index contributed by atoms with van der Waals surface area (Å²) in [5.74, 6) is -1.15. The first-order chi connectivity index (χ1) is 13.3. The number of rotatable bonds is 2. The fourth-order valence-electron chi connectivity index (χ4n) is 7.76. The molecule has 4 rings (SSSR count). The zero-order valence-corrected chi connectivity index (χ0v) is 20.1. The molecule has 3 saturated carbocycles. The second kappa shape index (κ2) is 6.75. The van der Waals surface area contributed by atoms with Gasteiger partial charge in [0, 0.05) is 17.3 Å². The van der Waals surface area contributed by atoms with E-state index in [0.717, 1.165) is 0 Å². The molecule has 2 N–H and O–H groups in total. The molecule has 29 heavy (non-hydrogen) atoms. The Bertz CT molecular complexity index is 801. The predicted molar refractivity (Wildman–Crippen MR) is 119 cm³/mol. The standard InChI is InChI=1S/C22H29F2IO3S/c1-11-7-13-14-9-16(23)15-8-12(26)5-6-20(15,3)22(14,24)17(27)10-19(13,2)18(11)21(4,28)29-25/h5-6,8,11,13-14,16-18,27-28H,7,9-10H2,1-4H3/t11-,13?,14?,16+,17+,18+,19+,20+,21?,22+/m1/s1. The normalized spacial score (nSPS) is 53.6. The molecule has 0 amide bonds. The lowest BCUT2D eigenvalue weighted by atomic mass is 9.44. The van der Waals surface area contributed by atoms with E-state index >= 15 is 8.78 Å². The molecule has 0 radical (unpaired) electrons. The SMILES string of the molecule is C[C@@H]1CC2C3C[C@H](F)C4=CC(=O)C=C[C@]4(C)[C@@]3(F)[C@@H](O)C[C@]2(C)[C@H]1C(C)(O)SI. The number of hydrogen-bond acceptors (Lipinski definition) is 4. The van der Waals surface area contributed by atoms with Crippen molar-refractivity contribution in [3.05, 3.63) is 23.8 Å². The lowest BCUT2D eigenvalue weighted by Gasteiger charge is -2.63. The lowest BCUT2D eigenvalue weighted by molar-refractivity contribution is -0.207. The molecule has 7 heteroatoms. The Morgan fingerprint density at radius 2 is 1.97 bits per heavy atom. The van der Waals surface area contributed by atoms with E-state index in [1.807, 2.05) is 6.92 Å². The zero-order valence-electron chi connectivity index (χ0n) is 17.2. The molecule has 0 aromatic carbocycles. The number of aliphatic hydroxyl groups excluding tert-OH is 1. The number of fused-ring (bicyclic) bond motifs is 5. The van der Waals surface area contributed by atoms with Crippen molar-refractivity contribution in [3.63, 3.8) is 0 Å². The van der Waals surface area contributed by atoms with Crippen molar-refractivity contribution >= 4 is 35.9 Å². The zero-order chi connectivity index (χ0) is 21.6. The van der Waals surface area contributed by atoms with Crippen LogP contribution in [-0.2, 0) is 4.79 Å². The van der Waals surface area contributed by atoms with Gasteiger partial charge in [0.15, 0.2) is 11.5 Å². The van der Waals surface area contributed by atoms with Crippen LogP contribution in [0.15, 0.2) is 23.8 Å². The van der Waals surface area contributed by atoms with E-state index < -0.39 is 39.6 Å². The number of ketones is 1. The van der Waals surface area contributed by atoms with E-state index in [1.165, 1.54) is 27.2 Å². The maximum atomic E-state index is 17.0. The Morgan fingerprint density at radius 1 is 1.31 bits per heavy atom. The first-order valence-corrected chi connectivity index (χ1v) is 13.7. The highest BCUT2D eigenvalue weighted by Gasteiger charge is 2.73. The highest BCUT2D eigenvalue weighted by atomic mass is 127. The number of allylic oxidation sites excluding steroid dienone is 4. The molecule has 162 valence electrons. The van der Waals surface area contributed by atoms with E-state index in [1.54, 1.807) is 13.8 Å². The Balaban J connectivity index is 1.84. The van der Waals surface area contributed by atoms with Crippen LogP contribution < -0.4 is 0 Å². The summed E-state index contributed by atoms with van der Waals surface area (Å²) < 4.78 is 32.3. The van der Waals surface area contributed by atoms with Crippen molar-refractivity contribution in [1.82, 2.24) is 0 Å². The highest BCUT2D eigenvalue weighted by Crippen LogP contribution is 2.71. The van der Waals surface area contributed by atoms with E-state index in [0.29, 0.717) is 6.42 Å². The molecule has 0 spiro atoms. The molecule has 10 atom stereocenters. The topological polar surface area (TPSA) is 57.5 Å². The van der Waals surface area contributed by atoms with Crippen molar-refractivity contribution in [2.45, 2.75) is 69.8 Å². The minimum atomic E-state index is -2.04. The van der Waals surface area contributed by atoms with E-state index in [-0.39, 0.29) is 42.0 Å². The van der Waals surface area contributed by atoms with Crippen molar-refractivity contribution in [3.8, 4) is 0 Å². The van der Waals surface area contributed by atoms with Crippen LogP contribution in [0.1, 0.15) is 47.0 Å². The summed E-state index contributed by atoms with van der Waals surface area (Å²) in [6.07, 6.45) is 2.17. The lowest BCUT2D eigenvalue weighted by Crippen LogP contribution is -2.68. The summed E-state index contributed by atoms with van der Waals surface area (Å²) in [6, 6.07) is 0. The quantitative estimate of drug-likeness (QED) is 0.386. The number of aliphatic hydroxyl groups is 2. The van der Waals surface area contributed by atoms with Gasteiger partial charge in [-0.25, -0.2) is 8.78 Å². The van der Waals surface area contributed by atoms with Gasteiger partial charge in [-0.3, -0.25) is 4.79 Å². The number of carbonyl (C=O) groups excluding carboxylic acids is 1. The van der Waals surface area contributed by atoms with Crippen LogP contribution in [0.25, 0.3) is 0 Å². The van der Waals surface area contributed by atoms with Gasteiger partial charge in [0.05, 0.1) is 6.10 Å². The van der Waals surface area contributed by atoms with Gasteiger partial charge in [0.25, 0.3) is 0 Å². The molecule has 0 aromatic rings. The molecular formula is C22H29F2IO3S. The van der Waals surface area contributed by atoms with Crippen LogP contribution in [0.5, 0.6) is 0 Å². The second-order valence-corrected chi connectivity index (χ2v) is 12.6. The summed E-state index contributed by atoms with van der Waals surface area (Å²) in [5, 5.41) is 22.4. The number of alkyl halides is 2. The summed E-state index contributed by atoms with van der Waals surface area (Å²) in [5.41, 5.74) is -3.72. The Hall–Kier alpha value is 0.01000. The van der Waals surface area contributed by atoms with Crippen molar-refractivity contribution < 1.29 is 23.8 Å². The molecule has 4 aliphatic rings. The smallest absolute Gasteiger partial charge is 0.178 e. The molecule has 3 unspecified atom stereocenters. The number of hydrogen-bond donors (Lipinski definition) is 2. The Morgan fingerprint density at radius 3 is 2.59 bits per heavy atom. The van der Waals surface area contributed by atoms with Gasteiger partial charge in [0.2, 0.25) is 0 Å². The second-order valence-electron chi connectivity index (χ2n) is 10.3. The van der Waals surface area contributed by atoms with Gasteiger partial charge in [-0.1, -0.05) is 28.9 Å². The summed E-state index contributed by atoms with van der Waals surface area (Å²) in [4.78, 5) is 10.9. The van der Waals surface area contributed by atoms with Crippen LogP contribution in [0, 0.1) is 34.5 Å². The third-order valence-corrected chi connectivity index (χ3v) is 11.9. The molecule has 0 heterocycles. The van der Waals surface area contributed by atoms with Crippen LogP contribution in [0.3, 0.4) is 0 Å². The van der Waals surface area contributed by atoms with Gasteiger partial charge in [-0.2, -0.15) is 0 Å². The maximum absolute atomic E-state index is 17.0. The van der Waals surface area contributed by atoms with Gasteiger partial charge in [0.1, 0.15) is 11.1 Å². The minimum absolute atomic E-state index is 0.0324. The maximum Gasteiger partial charge on any atom is 0.178 e. The molecule has 0 saturated heterocycles. The number of carbonyl (C=O) groups is 1. The minimum Gasteiger partial charge on any atom is -0.390 e. The van der Waals surface area contributed by atoms with Crippen molar-refractivity contribution in [1.29, 1.82) is 0 Å². The number of halogens is 3. The highest BCUT2D eigenvalue weighted by molar-refractivity contribution is 14.2. The van der Waals surface area contributed by atoms with Crippen molar-refractivity contribution in [2.24, 2.45) is 34.5 Å². The fourth-order valence-corrected chi connectivity index (χ4v) is 9.18. The van der Waals surface area contributed by atoms with Gasteiger partial charge < -0.3 is 10.2 Å². The van der Waals surface area contributed by atoms with Crippen molar-refractivity contribution in [2.75, 3.05) is 0 Å². The molecule has 0 aromatic heterocycles. The van der Waals surface area contributed by atoms with Crippen LogP contribution in [-0.4, -0.2) is 38.9 Å². The van der Waals surface area contributed by atoms with Gasteiger partial charge >= 0.3 is 0 Å². The molecule has 0 bridgehead atoms. The van der Waals surface area contributed by atoms with E-state index in [4.69, 9.17) is 0 Å². The summed E-state index contributed by atoms with van der Waals surface area (Å²) >= 11 is 2.10. The van der Waals surface area contributed by atoms with Gasteiger partial charge in [-0.15, -0.1) is 0 Å². The van der Waals surface area contributed by atoms with Crippen LogP contribution >= 0.6 is 30.1 Å². The first kappa shape index (κ1) is 22.2. The molecule has 4 aliphatic carbocycles. The average Bonchev–Trinajstić information content (AvgIpc) is 2.90. The van der Waals surface area contributed by atoms with Crippen LogP contribution in [0.2, 0.25) is 0 Å². The molecular weight excluding hydrogens is 509 g/mol. The molecule has 0 aliphatic heterocycles. The largest absolute Gasteiger partial charge is 0.390 e. The third kappa shape index (κ3) is 2.75. The summed E-state index contributed by atoms with van der Waals surface area (Å²) in [6.45, 7) is 7.53. The summed E-state index contributed by atoms with van der Waals surface area (Å²) in [7, 11) is 1.35. The monoisotopic (exact) mass is 538 g/mol. The predicted octanol–water partition coefficient (Wildman–Crippen LogP) is 4.96. The van der Waals surface area contributed by atoms with E-state index in [9.17, 15) is 15.0 Å². The average molecular weight is 538 g/mol. The Labute approximate surface area is 187 Å². The first-order valence-electron chi connectivity index (χ1n) is 10.3. The molecule has 3 nitrogen and oxygen atoms in total. The van der Waals surface area contributed by atoms with E-state index in [2.05, 4.69) is 28.1 Å². The van der Waals surface area contributed by atoms with Gasteiger partial charge in [-0.05, 0) is 89.3 Å². The fraction of sp³-hybridized carbons (Fsp3) is 0.773.